The van der Waals surface area contributed by atoms with E-state index in [1.807, 2.05) is 19.0 Å². The molecule has 0 aromatic heterocycles. The van der Waals surface area contributed by atoms with E-state index in [1.165, 1.54) is 0 Å². The average molecular weight is 213 g/mol. The first-order chi connectivity index (χ1) is 7.02. The second kappa shape index (κ2) is 5.21. The molecule has 0 spiro atoms. The number of hydrogen-bond acceptors (Lipinski definition) is 1. The van der Waals surface area contributed by atoms with Gasteiger partial charge in [-0.05, 0) is 51.5 Å². The fraction of sp³-hybridized carbons (Fsp3) is 0.500. The van der Waals surface area contributed by atoms with Crippen LogP contribution in [-0.4, -0.2) is 25.5 Å². The fourth-order valence-corrected chi connectivity index (χ4v) is 1.46. The minimum atomic E-state index is -0.711. The third kappa shape index (κ3) is 3.27. The smallest absolute Gasteiger partial charge is 0.162 e. The molecule has 15 heavy (non-hydrogen) atoms. The molecule has 0 aliphatic rings. The van der Waals surface area contributed by atoms with Crippen LogP contribution in [0.5, 0.6) is 0 Å². The summed E-state index contributed by atoms with van der Waals surface area (Å²) >= 11 is 0. The van der Waals surface area contributed by atoms with E-state index in [9.17, 15) is 8.78 Å². The number of aryl methyl sites for hydroxylation is 2. The average Bonchev–Trinajstić information content (AvgIpc) is 2.18. The number of halogens is 2. The normalized spacial score (nSPS) is 11.1. The van der Waals surface area contributed by atoms with Crippen LogP contribution < -0.4 is 0 Å². The highest BCUT2D eigenvalue weighted by Gasteiger charge is 2.10. The molecule has 1 rings (SSSR count). The molecule has 1 aromatic carbocycles. The Bertz CT molecular complexity index is 335. The Balaban J connectivity index is 2.66. The van der Waals surface area contributed by atoms with Gasteiger partial charge >= 0.3 is 0 Å². The van der Waals surface area contributed by atoms with Crippen molar-refractivity contribution in [1.82, 2.24) is 4.90 Å². The van der Waals surface area contributed by atoms with Crippen molar-refractivity contribution in [2.75, 3.05) is 20.6 Å². The van der Waals surface area contributed by atoms with Crippen molar-refractivity contribution >= 4 is 0 Å². The summed E-state index contributed by atoms with van der Waals surface area (Å²) in [6.45, 7) is 2.46. The molecule has 84 valence electrons. The van der Waals surface area contributed by atoms with E-state index in [4.69, 9.17) is 0 Å². The molecule has 0 fully saturated rings. The summed E-state index contributed by atoms with van der Waals surface area (Å²) in [4.78, 5) is 2.03. The van der Waals surface area contributed by atoms with Crippen molar-refractivity contribution in [2.24, 2.45) is 0 Å². The summed E-state index contributed by atoms with van der Waals surface area (Å²) in [6.07, 6.45) is 1.42. The van der Waals surface area contributed by atoms with Gasteiger partial charge in [0.15, 0.2) is 11.6 Å². The number of benzene rings is 1. The van der Waals surface area contributed by atoms with Crippen molar-refractivity contribution in [1.29, 1.82) is 0 Å². The molecule has 0 amide bonds. The van der Waals surface area contributed by atoms with E-state index in [-0.39, 0.29) is 0 Å². The lowest BCUT2D eigenvalue weighted by molar-refractivity contribution is 0.397. The highest BCUT2D eigenvalue weighted by atomic mass is 19.2. The Kier molecular flexibility index (Phi) is 4.21. The Labute approximate surface area is 89.7 Å². The maximum absolute atomic E-state index is 13.4. The van der Waals surface area contributed by atoms with Crippen LogP contribution in [0.2, 0.25) is 0 Å². The van der Waals surface area contributed by atoms with Crippen LogP contribution in [0.1, 0.15) is 17.5 Å². The zero-order valence-corrected chi connectivity index (χ0v) is 9.48. The summed E-state index contributed by atoms with van der Waals surface area (Å²) in [5.74, 6) is -1.40. The van der Waals surface area contributed by atoms with Gasteiger partial charge in [-0.2, -0.15) is 0 Å². The van der Waals surface area contributed by atoms with Gasteiger partial charge in [-0.25, -0.2) is 8.78 Å². The van der Waals surface area contributed by atoms with E-state index >= 15 is 0 Å². The first kappa shape index (κ1) is 12.1. The summed E-state index contributed by atoms with van der Waals surface area (Å²) in [5.41, 5.74) is 0.837. The highest BCUT2D eigenvalue weighted by molar-refractivity contribution is 5.25. The van der Waals surface area contributed by atoms with Crippen molar-refractivity contribution in [3.8, 4) is 0 Å². The van der Waals surface area contributed by atoms with Crippen LogP contribution in [0.15, 0.2) is 12.1 Å². The molecule has 0 heterocycles. The van der Waals surface area contributed by atoms with E-state index in [2.05, 4.69) is 0 Å². The molecule has 0 saturated carbocycles. The van der Waals surface area contributed by atoms with Gasteiger partial charge in [0, 0.05) is 0 Å². The van der Waals surface area contributed by atoms with E-state index < -0.39 is 11.6 Å². The first-order valence-corrected chi connectivity index (χ1v) is 5.10. The van der Waals surface area contributed by atoms with Gasteiger partial charge in [0.1, 0.15) is 0 Å². The minimum absolute atomic E-state index is 0.365. The van der Waals surface area contributed by atoms with Gasteiger partial charge in [-0.1, -0.05) is 12.1 Å². The molecule has 0 aliphatic heterocycles. The van der Waals surface area contributed by atoms with Gasteiger partial charge in [-0.15, -0.1) is 0 Å². The second-order valence-corrected chi connectivity index (χ2v) is 4.08. The number of rotatable bonds is 4. The van der Waals surface area contributed by atoms with Crippen LogP contribution >= 0.6 is 0 Å². The van der Waals surface area contributed by atoms with Gasteiger partial charge in [0.25, 0.3) is 0 Å². The number of nitrogens with zero attached hydrogens (tertiary/aromatic N) is 1. The standard InChI is InChI=1S/C12H17F2N/c1-9-6-7-10(12(14)11(9)13)5-4-8-15(2)3/h6-7H,4-5,8H2,1-3H3. The van der Waals surface area contributed by atoms with Crippen molar-refractivity contribution in [3.05, 3.63) is 34.9 Å². The quantitative estimate of drug-likeness (QED) is 0.743. The molecule has 0 radical (unpaired) electrons. The highest BCUT2D eigenvalue weighted by Crippen LogP contribution is 2.16. The second-order valence-electron chi connectivity index (χ2n) is 4.08. The molecule has 0 unspecified atom stereocenters. The molecular weight excluding hydrogens is 196 g/mol. The van der Waals surface area contributed by atoms with Crippen LogP contribution in [-0.2, 0) is 6.42 Å². The van der Waals surface area contributed by atoms with Crippen molar-refractivity contribution in [3.63, 3.8) is 0 Å². The maximum atomic E-state index is 13.4. The lowest BCUT2D eigenvalue weighted by Gasteiger charge is -2.10. The minimum Gasteiger partial charge on any atom is -0.309 e. The lowest BCUT2D eigenvalue weighted by atomic mass is 10.1. The molecule has 1 nitrogen and oxygen atoms in total. The van der Waals surface area contributed by atoms with Crippen LogP contribution in [0, 0.1) is 18.6 Å². The Morgan fingerprint density at radius 3 is 2.40 bits per heavy atom. The Morgan fingerprint density at radius 2 is 1.80 bits per heavy atom. The molecule has 0 saturated heterocycles. The Hall–Kier alpha value is -0.960. The summed E-state index contributed by atoms with van der Waals surface area (Å²) < 4.78 is 26.6. The van der Waals surface area contributed by atoms with Crippen molar-refractivity contribution < 1.29 is 8.78 Å². The molecule has 1 aromatic rings. The molecule has 3 heteroatoms. The largest absolute Gasteiger partial charge is 0.309 e. The summed E-state index contributed by atoms with van der Waals surface area (Å²) in [7, 11) is 3.93. The van der Waals surface area contributed by atoms with Gasteiger partial charge in [-0.3, -0.25) is 0 Å². The first-order valence-electron chi connectivity index (χ1n) is 5.10. The molecular formula is C12H17F2N. The maximum Gasteiger partial charge on any atom is 0.162 e. The zero-order valence-electron chi connectivity index (χ0n) is 9.48. The SMILES string of the molecule is Cc1ccc(CCCN(C)C)c(F)c1F. The van der Waals surface area contributed by atoms with E-state index in [0.717, 1.165) is 13.0 Å². The van der Waals surface area contributed by atoms with E-state index in [0.29, 0.717) is 17.5 Å². The van der Waals surface area contributed by atoms with Gasteiger partial charge < -0.3 is 4.90 Å². The number of hydrogen-bond donors (Lipinski definition) is 0. The molecule has 0 bridgehead atoms. The third-order valence-electron chi connectivity index (χ3n) is 2.41. The van der Waals surface area contributed by atoms with Crippen LogP contribution in [0.25, 0.3) is 0 Å². The van der Waals surface area contributed by atoms with Crippen LogP contribution in [0.4, 0.5) is 8.78 Å². The predicted molar refractivity (Wildman–Crippen MR) is 58.0 cm³/mol. The third-order valence-corrected chi connectivity index (χ3v) is 2.41. The lowest BCUT2D eigenvalue weighted by Crippen LogP contribution is -2.13. The molecule has 0 aliphatic carbocycles. The summed E-state index contributed by atoms with van der Waals surface area (Å²) in [5, 5.41) is 0. The van der Waals surface area contributed by atoms with Crippen LogP contribution in [0.3, 0.4) is 0 Å². The predicted octanol–water partition coefficient (Wildman–Crippen LogP) is 2.77. The molecule has 0 atom stereocenters. The van der Waals surface area contributed by atoms with Gasteiger partial charge in [0.05, 0.1) is 0 Å². The van der Waals surface area contributed by atoms with E-state index in [1.54, 1.807) is 19.1 Å². The monoisotopic (exact) mass is 213 g/mol. The summed E-state index contributed by atoms with van der Waals surface area (Å²) in [6, 6.07) is 3.30. The Morgan fingerprint density at radius 1 is 1.13 bits per heavy atom. The topological polar surface area (TPSA) is 3.24 Å². The molecule has 0 N–H and O–H groups in total. The van der Waals surface area contributed by atoms with Gasteiger partial charge in [0.2, 0.25) is 0 Å². The fourth-order valence-electron chi connectivity index (χ4n) is 1.46. The zero-order chi connectivity index (χ0) is 11.4. The van der Waals surface area contributed by atoms with Crippen molar-refractivity contribution in [2.45, 2.75) is 19.8 Å².